The summed E-state index contributed by atoms with van der Waals surface area (Å²) in [6.45, 7) is 2.24. The Morgan fingerprint density at radius 1 is 1.15 bits per heavy atom. The van der Waals surface area contributed by atoms with E-state index in [-0.39, 0.29) is 43.1 Å². The van der Waals surface area contributed by atoms with E-state index in [1.807, 2.05) is 31.2 Å². The first-order chi connectivity index (χ1) is 12.5. The molecule has 0 aliphatic heterocycles. The van der Waals surface area contributed by atoms with Crippen LogP contribution in [0.5, 0.6) is 17.2 Å². The Hall–Kier alpha value is -2.20. The fourth-order valence-electron chi connectivity index (χ4n) is 2.26. The molecule has 0 heterocycles. The third-order valence-corrected chi connectivity index (χ3v) is 3.56. The molecule has 0 saturated heterocycles. The summed E-state index contributed by atoms with van der Waals surface area (Å²) >= 11 is 0. The monoisotopic (exact) mass is 487 g/mol. The maximum absolute atomic E-state index is 9.99. The number of nitrogens with two attached hydrogens (primary N) is 1. The first-order valence-electron chi connectivity index (χ1n) is 8.18. The number of hydrogen-bond acceptors (Lipinski definition) is 5. The summed E-state index contributed by atoms with van der Waals surface area (Å²) in [6.07, 6.45) is -0.763. The molecule has 1 atom stereocenters. The van der Waals surface area contributed by atoms with Crippen LogP contribution in [0.3, 0.4) is 0 Å². The molecule has 0 amide bonds. The van der Waals surface area contributed by atoms with Crippen LogP contribution in [0.2, 0.25) is 0 Å². The number of aliphatic hydroxyl groups excluding tert-OH is 1. The van der Waals surface area contributed by atoms with E-state index in [0.29, 0.717) is 22.9 Å². The van der Waals surface area contributed by atoms with Gasteiger partial charge in [0, 0.05) is 11.8 Å². The van der Waals surface area contributed by atoms with Gasteiger partial charge in [-0.3, -0.25) is 4.99 Å². The molecule has 0 aliphatic rings. The molecule has 2 aromatic rings. The maximum Gasteiger partial charge on any atom is 0.193 e. The predicted molar refractivity (Wildman–Crippen MR) is 118 cm³/mol. The van der Waals surface area contributed by atoms with E-state index in [0.717, 1.165) is 5.56 Å². The Balaban J connectivity index is 0.00000364. The lowest BCUT2D eigenvalue weighted by Crippen LogP contribution is -2.27. The summed E-state index contributed by atoms with van der Waals surface area (Å²) in [4.78, 5) is 4.13. The van der Waals surface area contributed by atoms with Crippen molar-refractivity contribution in [3.05, 3.63) is 48.0 Å². The number of nitrogens with zero attached hydrogens (tertiary/aromatic N) is 1. The number of benzene rings is 2. The molecule has 0 aliphatic carbocycles. The molecular formula is C19H26IN3O4. The van der Waals surface area contributed by atoms with Crippen molar-refractivity contribution in [3.8, 4) is 17.2 Å². The minimum Gasteiger partial charge on any atom is -0.493 e. The highest BCUT2D eigenvalue weighted by atomic mass is 127. The molecule has 148 valence electrons. The second kappa shape index (κ2) is 11.5. The number of aryl methyl sites for hydroxylation is 1. The van der Waals surface area contributed by atoms with Crippen molar-refractivity contribution < 1.29 is 19.3 Å². The van der Waals surface area contributed by atoms with Crippen LogP contribution in [0.1, 0.15) is 5.56 Å². The third-order valence-electron chi connectivity index (χ3n) is 3.56. The van der Waals surface area contributed by atoms with Gasteiger partial charge < -0.3 is 30.4 Å². The van der Waals surface area contributed by atoms with E-state index in [1.54, 1.807) is 32.4 Å². The number of rotatable bonds is 8. The number of aliphatic imine (C=N–C) groups is 1. The molecule has 0 spiro atoms. The topological polar surface area (TPSA) is 98.3 Å². The average Bonchev–Trinajstić information content (AvgIpc) is 2.64. The lowest BCUT2D eigenvalue weighted by molar-refractivity contribution is 0.114. The Morgan fingerprint density at radius 2 is 1.89 bits per heavy atom. The number of ether oxygens (including phenoxy) is 3. The molecule has 2 aromatic carbocycles. The molecule has 0 bridgehead atoms. The molecule has 0 saturated carbocycles. The number of halogens is 1. The fraction of sp³-hybridized carbons (Fsp3) is 0.316. The molecule has 27 heavy (non-hydrogen) atoms. The largest absolute Gasteiger partial charge is 0.493 e. The number of hydrogen-bond donors (Lipinski definition) is 3. The molecule has 0 aromatic heterocycles. The number of guanidine groups is 1. The zero-order chi connectivity index (χ0) is 18.9. The highest BCUT2D eigenvalue weighted by Gasteiger charge is 2.07. The van der Waals surface area contributed by atoms with Gasteiger partial charge in [0.05, 0.1) is 20.8 Å². The van der Waals surface area contributed by atoms with E-state index < -0.39 is 6.10 Å². The van der Waals surface area contributed by atoms with Crippen LogP contribution in [0.15, 0.2) is 47.5 Å². The molecule has 0 fully saturated rings. The van der Waals surface area contributed by atoms with Crippen molar-refractivity contribution in [2.24, 2.45) is 10.7 Å². The summed E-state index contributed by atoms with van der Waals surface area (Å²) in [5, 5.41) is 12.9. The molecular weight excluding hydrogens is 461 g/mol. The molecule has 7 nitrogen and oxygen atoms in total. The lowest BCUT2D eigenvalue weighted by Gasteiger charge is -2.13. The van der Waals surface area contributed by atoms with Gasteiger partial charge in [0.15, 0.2) is 17.5 Å². The third kappa shape index (κ3) is 7.51. The van der Waals surface area contributed by atoms with E-state index >= 15 is 0 Å². The first-order valence-corrected chi connectivity index (χ1v) is 8.18. The smallest absolute Gasteiger partial charge is 0.193 e. The average molecular weight is 487 g/mol. The zero-order valence-corrected chi connectivity index (χ0v) is 18.0. The number of nitrogens with one attached hydrogen (secondary N) is 1. The summed E-state index contributed by atoms with van der Waals surface area (Å²) in [6, 6.07) is 12.9. The van der Waals surface area contributed by atoms with E-state index in [1.165, 1.54) is 0 Å². The standard InChI is InChI=1S/C19H25N3O4.HI/c1-13-5-4-6-16(9-13)26-12-15(23)11-21-19(20)22-14-7-8-17(24-2)18(10-14)25-3;/h4-10,15,23H,11-12H2,1-3H3,(H3,20,21,22);1H. The highest BCUT2D eigenvalue weighted by Crippen LogP contribution is 2.29. The van der Waals surface area contributed by atoms with Crippen molar-refractivity contribution in [2.75, 3.05) is 32.7 Å². The van der Waals surface area contributed by atoms with E-state index in [4.69, 9.17) is 19.9 Å². The van der Waals surface area contributed by atoms with Gasteiger partial charge in [0.2, 0.25) is 0 Å². The Labute approximate surface area is 176 Å². The minimum atomic E-state index is -0.763. The Bertz CT molecular complexity index is 755. The van der Waals surface area contributed by atoms with Crippen LogP contribution in [0, 0.1) is 6.92 Å². The van der Waals surface area contributed by atoms with Gasteiger partial charge in [-0.2, -0.15) is 0 Å². The quantitative estimate of drug-likeness (QED) is 0.301. The van der Waals surface area contributed by atoms with Gasteiger partial charge in [-0.15, -0.1) is 24.0 Å². The molecule has 1 unspecified atom stereocenters. The first kappa shape index (κ1) is 22.8. The lowest BCUT2D eigenvalue weighted by atomic mass is 10.2. The van der Waals surface area contributed by atoms with E-state index in [9.17, 15) is 5.11 Å². The summed E-state index contributed by atoms with van der Waals surface area (Å²) in [5.41, 5.74) is 7.66. The minimum absolute atomic E-state index is 0. The van der Waals surface area contributed by atoms with E-state index in [2.05, 4.69) is 10.3 Å². The SMILES string of the molecule is COc1ccc(NC(N)=NCC(O)COc2cccc(C)c2)cc1OC.I. The van der Waals surface area contributed by atoms with Crippen molar-refractivity contribution >= 4 is 35.6 Å². The Morgan fingerprint density at radius 3 is 2.56 bits per heavy atom. The van der Waals surface area contributed by atoms with Crippen molar-refractivity contribution in [1.29, 1.82) is 0 Å². The van der Waals surface area contributed by atoms with Crippen LogP contribution in [-0.4, -0.2) is 44.5 Å². The van der Waals surface area contributed by atoms with Crippen LogP contribution < -0.4 is 25.3 Å². The predicted octanol–water partition coefficient (Wildman–Crippen LogP) is 2.80. The summed E-state index contributed by atoms with van der Waals surface area (Å²) in [5.74, 6) is 2.10. The Kier molecular flexibility index (Phi) is 9.73. The van der Waals surface area contributed by atoms with Gasteiger partial charge in [-0.05, 0) is 36.8 Å². The molecule has 0 radical (unpaired) electrons. The molecule has 2 rings (SSSR count). The van der Waals surface area contributed by atoms with Crippen LogP contribution in [0.4, 0.5) is 5.69 Å². The van der Waals surface area contributed by atoms with Crippen LogP contribution in [0.25, 0.3) is 0 Å². The van der Waals surface area contributed by atoms with Crippen LogP contribution in [-0.2, 0) is 0 Å². The van der Waals surface area contributed by atoms with Crippen LogP contribution >= 0.6 is 24.0 Å². The highest BCUT2D eigenvalue weighted by molar-refractivity contribution is 14.0. The normalized spacial score (nSPS) is 11.9. The molecule has 4 N–H and O–H groups in total. The second-order valence-electron chi connectivity index (χ2n) is 5.70. The zero-order valence-electron chi connectivity index (χ0n) is 15.6. The van der Waals surface area contributed by atoms with Gasteiger partial charge in [-0.25, -0.2) is 0 Å². The van der Waals surface area contributed by atoms with Crippen molar-refractivity contribution in [1.82, 2.24) is 0 Å². The number of anilines is 1. The maximum atomic E-state index is 9.99. The van der Waals surface area contributed by atoms with Gasteiger partial charge in [-0.1, -0.05) is 12.1 Å². The number of methoxy groups -OCH3 is 2. The number of aliphatic hydroxyl groups is 1. The second-order valence-corrected chi connectivity index (χ2v) is 5.70. The van der Waals surface area contributed by atoms with Crippen molar-refractivity contribution in [2.45, 2.75) is 13.0 Å². The van der Waals surface area contributed by atoms with Gasteiger partial charge in [0.1, 0.15) is 18.5 Å². The summed E-state index contributed by atoms with van der Waals surface area (Å²) in [7, 11) is 3.13. The molecule has 8 heteroatoms. The van der Waals surface area contributed by atoms with Crippen molar-refractivity contribution in [3.63, 3.8) is 0 Å². The van der Waals surface area contributed by atoms with Gasteiger partial charge >= 0.3 is 0 Å². The fourth-order valence-corrected chi connectivity index (χ4v) is 2.26. The summed E-state index contributed by atoms with van der Waals surface area (Å²) < 4.78 is 16.0. The van der Waals surface area contributed by atoms with Gasteiger partial charge in [0.25, 0.3) is 0 Å².